The van der Waals surface area contributed by atoms with Crippen LogP contribution in [0.2, 0.25) is 0 Å². The number of thiophene rings is 1. The number of carbonyl (C=O) groups is 2. The molecule has 8 nitrogen and oxygen atoms in total. The van der Waals surface area contributed by atoms with Gasteiger partial charge in [-0.15, -0.1) is 11.3 Å². The van der Waals surface area contributed by atoms with Crippen molar-refractivity contribution in [3.63, 3.8) is 0 Å². The number of anilines is 1. The molecule has 0 aliphatic heterocycles. The van der Waals surface area contributed by atoms with Crippen LogP contribution in [-0.4, -0.2) is 30.4 Å². The lowest BCUT2D eigenvalue weighted by Crippen LogP contribution is -2.24. The largest absolute Gasteiger partial charge is 0.495 e. The molecule has 0 unspecified atom stereocenters. The van der Waals surface area contributed by atoms with Gasteiger partial charge in [0.1, 0.15) is 5.75 Å². The normalized spacial score (nSPS) is 10.1. The second kappa shape index (κ2) is 8.78. The standard InChI is InChI=1S/C16H17N3O5S/c1-24-13-7-6-11(19(22)23)10-12(13)18-15(20)5-2-8-17-16(21)14-4-3-9-25-14/h3-4,6-7,9-10H,2,5,8H2,1H3,(H,17,21)(H,18,20). The van der Waals surface area contributed by atoms with E-state index < -0.39 is 4.92 Å². The van der Waals surface area contributed by atoms with Gasteiger partial charge in [0.05, 0.1) is 22.6 Å². The van der Waals surface area contributed by atoms with E-state index >= 15 is 0 Å². The van der Waals surface area contributed by atoms with Crippen molar-refractivity contribution < 1.29 is 19.2 Å². The highest BCUT2D eigenvalue weighted by Crippen LogP contribution is 2.28. The molecule has 2 rings (SSSR count). The number of nitrogens with one attached hydrogen (secondary N) is 2. The molecule has 0 fully saturated rings. The Hall–Kier alpha value is -2.94. The molecule has 0 aliphatic carbocycles. The zero-order valence-corrected chi connectivity index (χ0v) is 14.3. The Balaban J connectivity index is 1.83. The van der Waals surface area contributed by atoms with Gasteiger partial charge in [0.2, 0.25) is 5.91 Å². The average Bonchev–Trinajstić information content (AvgIpc) is 3.13. The second-order valence-corrected chi connectivity index (χ2v) is 5.97. The van der Waals surface area contributed by atoms with E-state index in [1.165, 1.54) is 36.6 Å². The number of hydrogen-bond donors (Lipinski definition) is 2. The first kappa shape index (κ1) is 18.4. The molecular weight excluding hydrogens is 346 g/mol. The van der Waals surface area contributed by atoms with Crippen LogP contribution in [0.25, 0.3) is 0 Å². The number of amides is 2. The minimum Gasteiger partial charge on any atom is -0.495 e. The van der Waals surface area contributed by atoms with Gasteiger partial charge in [0.15, 0.2) is 0 Å². The van der Waals surface area contributed by atoms with Gasteiger partial charge >= 0.3 is 0 Å². The Labute approximate surface area is 148 Å². The van der Waals surface area contributed by atoms with Crippen molar-refractivity contribution in [2.24, 2.45) is 0 Å². The molecule has 0 bridgehead atoms. The van der Waals surface area contributed by atoms with Crippen LogP contribution in [-0.2, 0) is 4.79 Å². The fourth-order valence-electron chi connectivity index (χ4n) is 2.07. The summed E-state index contributed by atoms with van der Waals surface area (Å²) in [5.41, 5.74) is 0.101. The van der Waals surface area contributed by atoms with Crippen LogP contribution in [0.4, 0.5) is 11.4 Å². The number of nitro groups is 1. The van der Waals surface area contributed by atoms with Gasteiger partial charge in [0.25, 0.3) is 11.6 Å². The summed E-state index contributed by atoms with van der Waals surface area (Å²) in [5, 5.41) is 18.0. The molecule has 0 spiro atoms. The topological polar surface area (TPSA) is 111 Å². The van der Waals surface area contributed by atoms with E-state index in [2.05, 4.69) is 10.6 Å². The molecule has 2 aromatic rings. The van der Waals surface area contributed by atoms with Crippen LogP contribution in [0.3, 0.4) is 0 Å². The van der Waals surface area contributed by atoms with Crippen molar-refractivity contribution in [1.29, 1.82) is 0 Å². The van der Waals surface area contributed by atoms with E-state index in [4.69, 9.17) is 4.74 Å². The fourth-order valence-corrected chi connectivity index (χ4v) is 2.71. The number of nitro benzene ring substituents is 1. The smallest absolute Gasteiger partial charge is 0.271 e. The van der Waals surface area contributed by atoms with Gasteiger partial charge in [-0.1, -0.05) is 6.07 Å². The molecule has 1 heterocycles. The third-order valence-electron chi connectivity index (χ3n) is 3.28. The summed E-state index contributed by atoms with van der Waals surface area (Å²) in [7, 11) is 1.41. The Morgan fingerprint density at radius 1 is 1.32 bits per heavy atom. The predicted molar refractivity (Wildman–Crippen MR) is 94.2 cm³/mol. The number of non-ortho nitro benzene ring substituents is 1. The average molecular weight is 363 g/mol. The van der Waals surface area contributed by atoms with Gasteiger partial charge in [-0.3, -0.25) is 19.7 Å². The highest BCUT2D eigenvalue weighted by Gasteiger charge is 2.13. The number of carbonyl (C=O) groups excluding carboxylic acids is 2. The summed E-state index contributed by atoms with van der Waals surface area (Å²) in [6.45, 7) is 0.357. The van der Waals surface area contributed by atoms with Crippen molar-refractivity contribution in [2.75, 3.05) is 19.0 Å². The first-order chi connectivity index (χ1) is 12.0. The van der Waals surface area contributed by atoms with Gasteiger partial charge in [-0.05, 0) is 23.9 Å². The molecule has 2 N–H and O–H groups in total. The molecular formula is C16H17N3O5S. The van der Waals surface area contributed by atoms with E-state index in [1.54, 1.807) is 12.1 Å². The summed E-state index contributed by atoms with van der Waals surface area (Å²) >= 11 is 1.34. The van der Waals surface area contributed by atoms with Crippen LogP contribution in [0.15, 0.2) is 35.7 Å². The maximum atomic E-state index is 12.0. The summed E-state index contributed by atoms with van der Waals surface area (Å²) < 4.78 is 5.09. The van der Waals surface area contributed by atoms with E-state index in [0.29, 0.717) is 23.6 Å². The number of methoxy groups -OCH3 is 1. The number of nitrogens with zero attached hydrogens (tertiary/aromatic N) is 1. The summed E-state index contributed by atoms with van der Waals surface area (Å²) in [6, 6.07) is 7.49. The Bertz CT molecular complexity index is 761. The highest BCUT2D eigenvalue weighted by molar-refractivity contribution is 7.12. The van der Waals surface area contributed by atoms with Crippen molar-refractivity contribution in [3.8, 4) is 5.75 Å². The van der Waals surface area contributed by atoms with Gasteiger partial charge in [-0.2, -0.15) is 0 Å². The Morgan fingerprint density at radius 3 is 2.76 bits per heavy atom. The number of ether oxygens (including phenoxy) is 1. The van der Waals surface area contributed by atoms with E-state index in [-0.39, 0.29) is 29.6 Å². The van der Waals surface area contributed by atoms with Gasteiger partial charge < -0.3 is 15.4 Å². The quantitative estimate of drug-likeness (QED) is 0.426. The monoisotopic (exact) mass is 363 g/mol. The van der Waals surface area contributed by atoms with Crippen LogP contribution < -0.4 is 15.4 Å². The lowest BCUT2D eigenvalue weighted by atomic mass is 10.2. The molecule has 0 radical (unpaired) electrons. The zero-order valence-electron chi connectivity index (χ0n) is 13.5. The molecule has 132 valence electrons. The lowest BCUT2D eigenvalue weighted by molar-refractivity contribution is -0.384. The third-order valence-corrected chi connectivity index (χ3v) is 4.15. The number of hydrogen-bond acceptors (Lipinski definition) is 6. The predicted octanol–water partition coefficient (Wildman–Crippen LogP) is 2.81. The molecule has 0 saturated heterocycles. The minimum atomic E-state index is -0.546. The zero-order chi connectivity index (χ0) is 18.2. The van der Waals surface area contributed by atoms with Crippen molar-refractivity contribution in [3.05, 3.63) is 50.7 Å². The minimum absolute atomic E-state index is 0.140. The second-order valence-electron chi connectivity index (χ2n) is 5.03. The van der Waals surface area contributed by atoms with Crippen molar-refractivity contribution in [1.82, 2.24) is 5.32 Å². The lowest BCUT2D eigenvalue weighted by Gasteiger charge is -2.10. The molecule has 1 aromatic heterocycles. The van der Waals surface area contributed by atoms with E-state index in [1.807, 2.05) is 5.38 Å². The van der Waals surface area contributed by atoms with E-state index in [9.17, 15) is 19.7 Å². The first-order valence-corrected chi connectivity index (χ1v) is 8.33. The Kier molecular flexibility index (Phi) is 6.47. The molecule has 9 heteroatoms. The summed E-state index contributed by atoms with van der Waals surface area (Å²) in [6.07, 6.45) is 0.608. The molecule has 0 atom stereocenters. The van der Waals surface area contributed by atoms with Crippen molar-refractivity contribution >= 4 is 34.5 Å². The SMILES string of the molecule is COc1ccc([N+](=O)[O-])cc1NC(=O)CCCNC(=O)c1cccs1. The highest BCUT2D eigenvalue weighted by atomic mass is 32.1. The van der Waals surface area contributed by atoms with E-state index in [0.717, 1.165) is 0 Å². The first-order valence-electron chi connectivity index (χ1n) is 7.45. The maximum absolute atomic E-state index is 12.0. The Morgan fingerprint density at radius 2 is 2.12 bits per heavy atom. The number of benzene rings is 1. The van der Waals surface area contributed by atoms with Crippen LogP contribution >= 0.6 is 11.3 Å². The summed E-state index contributed by atoms with van der Waals surface area (Å²) in [4.78, 5) is 34.6. The fraction of sp³-hybridized carbons (Fsp3) is 0.250. The van der Waals surface area contributed by atoms with Gasteiger partial charge in [0, 0.05) is 25.1 Å². The molecule has 0 aliphatic rings. The molecule has 0 saturated carbocycles. The summed E-state index contributed by atoms with van der Waals surface area (Å²) in [5.74, 6) is -0.148. The van der Waals surface area contributed by atoms with Crippen molar-refractivity contribution in [2.45, 2.75) is 12.8 Å². The van der Waals surface area contributed by atoms with Crippen LogP contribution in [0.5, 0.6) is 5.75 Å². The molecule has 2 amide bonds. The third kappa shape index (κ3) is 5.28. The maximum Gasteiger partial charge on any atom is 0.271 e. The number of rotatable bonds is 8. The molecule has 1 aromatic carbocycles. The van der Waals surface area contributed by atoms with Gasteiger partial charge in [-0.25, -0.2) is 0 Å². The van der Waals surface area contributed by atoms with Crippen LogP contribution in [0, 0.1) is 10.1 Å². The molecule has 25 heavy (non-hydrogen) atoms. The van der Waals surface area contributed by atoms with Crippen LogP contribution in [0.1, 0.15) is 22.5 Å².